The van der Waals surface area contributed by atoms with Gasteiger partial charge in [0.05, 0.1) is 6.42 Å². The summed E-state index contributed by atoms with van der Waals surface area (Å²) < 4.78 is 0. The molecule has 0 radical (unpaired) electrons. The first-order valence-corrected chi connectivity index (χ1v) is 7.29. The van der Waals surface area contributed by atoms with Crippen LogP contribution in [0.15, 0.2) is 24.3 Å². The number of urea groups is 1. The van der Waals surface area contributed by atoms with E-state index >= 15 is 0 Å². The fraction of sp³-hybridized carbons (Fsp3) is 0.500. The topological polar surface area (TPSA) is 69.6 Å². The van der Waals surface area contributed by atoms with Crippen LogP contribution >= 0.6 is 0 Å². The maximum atomic E-state index is 11.9. The third-order valence-corrected chi connectivity index (χ3v) is 3.80. The predicted octanol–water partition coefficient (Wildman–Crippen LogP) is 2.43. The number of nitrogens with one attached hydrogen (secondary N) is 1. The molecule has 114 valence electrons. The third-order valence-electron chi connectivity index (χ3n) is 3.80. The largest absolute Gasteiger partial charge is 0.481 e. The predicted molar refractivity (Wildman–Crippen MR) is 80.1 cm³/mol. The fourth-order valence-electron chi connectivity index (χ4n) is 2.42. The molecule has 5 heteroatoms. The molecular formula is C16H22N2O3. The molecule has 0 unspecified atom stereocenters. The van der Waals surface area contributed by atoms with Crippen LogP contribution in [0, 0.1) is 5.92 Å². The van der Waals surface area contributed by atoms with Gasteiger partial charge in [0.15, 0.2) is 0 Å². The van der Waals surface area contributed by atoms with E-state index in [1.807, 2.05) is 12.1 Å². The van der Waals surface area contributed by atoms with Gasteiger partial charge in [0.25, 0.3) is 0 Å². The zero-order chi connectivity index (χ0) is 15.4. The van der Waals surface area contributed by atoms with Crippen molar-refractivity contribution in [2.45, 2.75) is 32.7 Å². The minimum atomic E-state index is -0.801. The Labute approximate surface area is 125 Å². The zero-order valence-corrected chi connectivity index (χ0v) is 12.5. The minimum absolute atomic E-state index is 0.0959. The molecule has 0 saturated carbocycles. The molecule has 0 atom stereocenters. The first-order chi connectivity index (χ1) is 9.95. The van der Waals surface area contributed by atoms with Crippen molar-refractivity contribution >= 4 is 12.0 Å². The molecule has 21 heavy (non-hydrogen) atoms. The lowest BCUT2D eigenvalue weighted by atomic mass is 9.97. The Kier molecular flexibility index (Phi) is 4.83. The first-order valence-electron chi connectivity index (χ1n) is 7.29. The Morgan fingerprint density at radius 3 is 2.43 bits per heavy atom. The van der Waals surface area contributed by atoms with Gasteiger partial charge in [0.2, 0.25) is 0 Å². The smallest absolute Gasteiger partial charge is 0.317 e. The molecule has 0 aromatic heterocycles. The average Bonchev–Trinajstić information content (AvgIpc) is 2.40. The van der Waals surface area contributed by atoms with Crippen molar-refractivity contribution in [2.24, 2.45) is 5.92 Å². The van der Waals surface area contributed by atoms with Gasteiger partial charge < -0.3 is 15.3 Å². The number of carbonyl (C=O) groups excluding carboxylic acids is 1. The molecule has 0 bridgehead atoms. The summed E-state index contributed by atoms with van der Waals surface area (Å²) in [5.41, 5.74) is 2.35. The van der Waals surface area contributed by atoms with Gasteiger partial charge in [-0.25, -0.2) is 4.79 Å². The lowest BCUT2D eigenvalue weighted by molar-refractivity contribution is -0.139. The number of rotatable bonds is 5. The molecule has 0 aliphatic carbocycles. The van der Waals surface area contributed by atoms with E-state index in [1.54, 1.807) is 4.90 Å². The van der Waals surface area contributed by atoms with Gasteiger partial charge in [-0.3, -0.25) is 4.79 Å². The minimum Gasteiger partial charge on any atom is -0.481 e. The second kappa shape index (κ2) is 6.61. The van der Waals surface area contributed by atoms with Gasteiger partial charge >= 0.3 is 12.0 Å². The number of likely N-dealkylation sites (tertiary alicyclic amines) is 1. The quantitative estimate of drug-likeness (QED) is 0.875. The highest BCUT2D eigenvalue weighted by atomic mass is 16.4. The Morgan fingerprint density at radius 2 is 1.90 bits per heavy atom. The van der Waals surface area contributed by atoms with Crippen molar-refractivity contribution in [1.82, 2.24) is 10.2 Å². The highest BCUT2D eigenvalue weighted by molar-refractivity contribution is 5.75. The van der Waals surface area contributed by atoms with E-state index in [0.717, 1.165) is 5.56 Å². The van der Waals surface area contributed by atoms with Gasteiger partial charge in [0.1, 0.15) is 0 Å². The zero-order valence-electron chi connectivity index (χ0n) is 12.5. The summed E-state index contributed by atoms with van der Waals surface area (Å²) in [6.45, 7) is 5.86. The van der Waals surface area contributed by atoms with Crippen molar-refractivity contribution in [1.29, 1.82) is 0 Å². The van der Waals surface area contributed by atoms with Crippen LogP contribution in [0.3, 0.4) is 0 Å². The Hall–Kier alpha value is -2.04. The van der Waals surface area contributed by atoms with Gasteiger partial charge in [-0.1, -0.05) is 38.1 Å². The normalized spacial score (nSPS) is 14.9. The highest BCUT2D eigenvalue weighted by Crippen LogP contribution is 2.19. The van der Waals surface area contributed by atoms with Crippen LogP contribution in [0.4, 0.5) is 4.79 Å². The van der Waals surface area contributed by atoms with E-state index in [-0.39, 0.29) is 18.4 Å². The van der Waals surface area contributed by atoms with Gasteiger partial charge in [0, 0.05) is 25.6 Å². The molecule has 2 amide bonds. The molecule has 1 heterocycles. The van der Waals surface area contributed by atoms with Gasteiger partial charge in [-0.15, -0.1) is 0 Å². The first kappa shape index (κ1) is 15.4. The molecule has 1 aliphatic heterocycles. The molecule has 2 N–H and O–H groups in total. The molecule has 1 aromatic carbocycles. The summed E-state index contributed by atoms with van der Waals surface area (Å²) in [6.07, 6.45) is 0.139. The van der Waals surface area contributed by atoms with E-state index in [4.69, 9.17) is 5.11 Å². The second-order valence-corrected chi connectivity index (χ2v) is 5.92. The summed E-state index contributed by atoms with van der Waals surface area (Å²) in [5, 5.41) is 11.5. The van der Waals surface area contributed by atoms with Crippen LogP contribution in [0.1, 0.15) is 37.3 Å². The van der Waals surface area contributed by atoms with Crippen molar-refractivity contribution in [3.8, 4) is 0 Å². The standard InChI is InChI=1S/C16H22N2O3/c1-11(2)14-5-3-12(4-6-14)8-17-16(21)18-9-13(10-18)7-15(19)20/h3-6,11,13H,7-10H2,1-2H3,(H,17,21)(H,19,20). The Morgan fingerprint density at radius 1 is 1.29 bits per heavy atom. The highest BCUT2D eigenvalue weighted by Gasteiger charge is 2.31. The Bertz CT molecular complexity index is 505. The van der Waals surface area contributed by atoms with E-state index in [1.165, 1.54) is 5.56 Å². The number of benzene rings is 1. The van der Waals surface area contributed by atoms with E-state index in [9.17, 15) is 9.59 Å². The van der Waals surface area contributed by atoms with Crippen molar-refractivity contribution in [2.75, 3.05) is 13.1 Å². The summed E-state index contributed by atoms with van der Waals surface area (Å²) >= 11 is 0. The van der Waals surface area contributed by atoms with Crippen LogP contribution in [0.2, 0.25) is 0 Å². The van der Waals surface area contributed by atoms with E-state index in [0.29, 0.717) is 25.6 Å². The number of carboxylic acid groups (broad SMARTS) is 1. The number of hydrogen-bond donors (Lipinski definition) is 2. The van der Waals surface area contributed by atoms with Crippen LogP contribution in [0.5, 0.6) is 0 Å². The molecule has 1 fully saturated rings. The monoisotopic (exact) mass is 290 g/mol. The van der Waals surface area contributed by atoms with Crippen molar-refractivity contribution in [3.05, 3.63) is 35.4 Å². The molecule has 2 rings (SSSR count). The summed E-state index contributed by atoms with van der Waals surface area (Å²) in [5.74, 6) is -0.204. The van der Waals surface area contributed by atoms with E-state index < -0.39 is 5.97 Å². The molecule has 1 aromatic rings. The molecule has 0 spiro atoms. The summed E-state index contributed by atoms with van der Waals surface area (Å²) in [6, 6.07) is 8.10. The van der Waals surface area contributed by atoms with Crippen molar-refractivity contribution in [3.63, 3.8) is 0 Å². The molecule has 1 aliphatic rings. The number of nitrogens with zero attached hydrogens (tertiary/aromatic N) is 1. The van der Waals surface area contributed by atoms with Crippen LogP contribution in [-0.4, -0.2) is 35.1 Å². The lowest BCUT2D eigenvalue weighted by Gasteiger charge is -2.38. The average molecular weight is 290 g/mol. The summed E-state index contributed by atoms with van der Waals surface area (Å²) in [7, 11) is 0. The number of carbonyl (C=O) groups is 2. The summed E-state index contributed by atoms with van der Waals surface area (Å²) in [4.78, 5) is 24.1. The molecule has 1 saturated heterocycles. The van der Waals surface area contributed by atoms with Crippen LogP contribution in [-0.2, 0) is 11.3 Å². The van der Waals surface area contributed by atoms with Crippen molar-refractivity contribution < 1.29 is 14.7 Å². The molecule has 5 nitrogen and oxygen atoms in total. The maximum Gasteiger partial charge on any atom is 0.317 e. The molecular weight excluding hydrogens is 268 g/mol. The SMILES string of the molecule is CC(C)c1ccc(CNC(=O)N2CC(CC(=O)O)C2)cc1. The van der Waals surface area contributed by atoms with Gasteiger partial charge in [-0.05, 0) is 17.0 Å². The number of amides is 2. The van der Waals surface area contributed by atoms with E-state index in [2.05, 4.69) is 31.3 Å². The lowest BCUT2D eigenvalue weighted by Crippen LogP contribution is -2.54. The van der Waals surface area contributed by atoms with Gasteiger partial charge in [-0.2, -0.15) is 0 Å². The number of aliphatic carboxylic acids is 1. The third kappa shape index (κ3) is 4.21. The Balaban J connectivity index is 1.73. The number of hydrogen-bond acceptors (Lipinski definition) is 2. The second-order valence-electron chi connectivity index (χ2n) is 5.92. The fourth-order valence-corrected chi connectivity index (χ4v) is 2.42. The maximum absolute atomic E-state index is 11.9. The van der Waals surface area contributed by atoms with Crippen LogP contribution in [0.25, 0.3) is 0 Å². The van der Waals surface area contributed by atoms with Crippen LogP contribution < -0.4 is 5.32 Å². The number of carboxylic acids is 1.